The van der Waals surface area contributed by atoms with Crippen molar-refractivity contribution in [1.82, 2.24) is 15.2 Å². The Balaban J connectivity index is 1.63. The number of carbonyl (C=O) groups excluding carboxylic acids is 1. The maximum atomic E-state index is 13.4. The monoisotopic (exact) mass is 495 g/mol. The topological polar surface area (TPSA) is 88.6 Å². The number of pyridine rings is 1. The molecule has 0 spiro atoms. The first-order valence-electron chi connectivity index (χ1n) is 11.9. The van der Waals surface area contributed by atoms with Gasteiger partial charge in [-0.15, -0.1) is 0 Å². The fraction of sp³-hybridized carbons (Fsp3) is 0.407. The molecule has 1 unspecified atom stereocenters. The number of nitrogens with zero attached hydrogens (tertiary/aromatic N) is 2. The van der Waals surface area contributed by atoms with Crippen LogP contribution < -0.4 is 10.1 Å². The fourth-order valence-electron chi connectivity index (χ4n) is 4.80. The molecule has 0 saturated carbocycles. The summed E-state index contributed by atoms with van der Waals surface area (Å²) < 4.78 is 31.6. The number of ether oxygens (including phenoxy) is 1. The second kappa shape index (κ2) is 9.95. The van der Waals surface area contributed by atoms with Gasteiger partial charge in [0, 0.05) is 42.8 Å². The number of benzene rings is 2. The lowest BCUT2D eigenvalue weighted by molar-refractivity contribution is -0.121. The number of aromatic nitrogens is 1. The quantitative estimate of drug-likeness (QED) is 0.539. The largest absolute Gasteiger partial charge is 0.489 e. The molecule has 0 bridgehead atoms. The van der Waals surface area contributed by atoms with Crippen LogP contribution >= 0.6 is 0 Å². The van der Waals surface area contributed by atoms with Gasteiger partial charge >= 0.3 is 0 Å². The van der Waals surface area contributed by atoms with Crippen LogP contribution in [-0.4, -0.2) is 56.1 Å². The lowest BCUT2D eigenvalue weighted by Crippen LogP contribution is -2.57. The van der Waals surface area contributed by atoms with E-state index < -0.39 is 14.6 Å². The molecule has 1 aromatic heterocycles. The zero-order chi connectivity index (χ0) is 25.2. The minimum Gasteiger partial charge on any atom is -0.489 e. The number of amides is 1. The van der Waals surface area contributed by atoms with E-state index in [0.717, 1.165) is 22.2 Å². The third-order valence-corrected chi connectivity index (χ3v) is 9.28. The summed E-state index contributed by atoms with van der Waals surface area (Å²) in [5.41, 5.74) is 3.50. The molecule has 1 N–H and O–H groups in total. The van der Waals surface area contributed by atoms with Gasteiger partial charge < -0.3 is 10.1 Å². The van der Waals surface area contributed by atoms with Crippen molar-refractivity contribution in [3.8, 4) is 5.75 Å². The Labute approximate surface area is 207 Å². The highest BCUT2D eigenvalue weighted by Gasteiger charge is 2.50. The number of rotatable bonds is 7. The summed E-state index contributed by atoms with van der Waals surface area (Å²) in [6.07, 6.45) is -0.114. The number of nitrogens with one attached hydrogen (secondary N) is 1. The van der Waals surface area contributed by atoms with Gasteiger partial charge in [0.25, 0.3) is 0 Å². The maximum absolute atomic E-state index is 13.4. The molecule has 3 aromatic rings. The van der Waals surface area contributed by atoms with E-state index in [-0.39, 0.29) is 30.7 Å². The third kappa shape index (κ3) is 5.04. The van der Waals surface area contributed by atoms with E-state index in [1.807, 2.05) is 51.1 Å². The van der Waals surface area contributed by atoms with Crippen molar-refractivity contribution in [2.75, 3.05) is 25.9 Å². The van der Waals surface area contributed by atoms with E-state index in [2.05, 4.69) is 15.2 Å². The van der Waals surface area contributed by atoms with E-state index in [0.29, 0.717) is 24.5 Å². The molecule has 7 nitrogen and oxygen atoms in total. The van der Waals surface area contributed by atoms with E-state index in [1.165, 1.54) is 7.05 Å². The second-order valence-electron chi connectivity index (χ2n) is 9.48. The molecule has 2 heterocycles. The maximum Gasteiger partial charge on any atom is 0.221 e. The number of sulfone groups is 1. The van der Waals surface area contributed by atoms with Crippen LogP contribution in [0.3, 0.4) is 0 Å². The molecule has 8 heteroatoms. The van der Waals surface area contributed by atoms with Gasteiger partial charge in [-0.25, -0.2) is 8.42 Å². The van der Waals surface area contributed by atoms with Gasteiger partial charge in [-0.1, -0.05) is 30.3 Å². The normalized spacial score (nSPS) is 20.1. The highest BCUT2D eigenvalue weighted by Crippen LogP contribution is 2.40. The zero-order valence-corrected chi connectivity index (χ0v) is 21.6. The molecule has 35 heavy (non-hydrogen) atoms. The number of para-hydroxylation sites is 1. The van der Waals surface area contributed by atoms with E-state index in [1.54, 1.807) is 24.3 Å². The number of fused-ring (bicyclic) bond motifs is 1. The minimum absolute atomic E-state index is 0.0227. The SMILES string of the molecule is CNC(=O)CC1(c2ccc(OCc3cc(C)nc4ccccc34)cc2)CN(C(C)C)CCS1(=O)=O. The van der Waals surface area contributed by atoms with Gasteiger partial charge in [-0.3, -0.25) is 14.7 Å². The van der Waals surface area contributed by atoms with Crippen molar-refractivity contribution in [2.45, 2.75) is 44.6 Å². The Morgan fingerprint density at radius 1 is 1.17 bits per heavy atom. The number of hydrogen-bond acceptors (Lipinski definition) is 6. The first-order valence-corrected chi connectivity index (χ1v) is 13.6. The van der Waals surface area contributed by atoms with E-state index >= 15 is 0 Å². The molecule has 1 fully saturated rings. The summed E-state index contributed by atoms with van der Waals surface area (Å²) in [5, 5.41) is 3.65. The van der Waals surface area contributed by atoms with Crippen molar-refractivity contribution in [3.63, 3.8) is 0 Å². The summed E-state index contributed by atoms with van der Waals surface area (Å²) in [7, 11) is -2.02. The molecular formula is C27H33N3O4S. The number of hydrogen-bond donors (Lipinski definition) is 1. The second-order valence-corrected chi connectivity index (χ2v) is 11.9. The zero-order valence-electron chi connectivity index (χ0n) is 20.7. The fourth-order valence-corrected chi connectivity index (χ4v) is 6.87. The molecule has 1 amide bonds. The lowest BCUT2D eigenvalue weighted by Gasteiger charge is -2.43. The summed E-state index contributed by atoms with van der Waals surface area (Å²) in [6.45, 7) is 7.17. The van der Waals surface area contributed by atoms with Gasteiger partial charge in [0.05, 0.1) is 17.7 Å². The first kappa shape index (κ1) is 25.1. The number of aryl methyl sites for hydroxylation is 1. The van der Waals surface area contributed by atoms with Crippen LogP contribution in [0.4, 0.5) is 0 Å². The molecule has 1 saturated heterocycles. The molecule has 1 aliphatic rings. The van der Waals surface area contributed by atoms with Gasteiger partial charge in [0.15, 0.2) is 9.84 Å². The molecule has 4 rings (SSSR count). The molecule has 1 atom stereocenters. The van der Waals surface area contributed by atoms with Crippen LogP contribution in [0.25, 0.3) is 10.9 Å². The van der Waals surface area contributed by atoms with Gasteiger partial charge in [0.2, 0.25) is 5.91 Å². The summed E-state index contributed by atoms with van der Waals surface area (Å²) in [6, 6.07) is 17.3. The van der Waals surface area contributed by atoms with Gasteiger partial charge in [-0.05, 0) is 50.6 Å². The molecule has 0 aliphatic carbocycles. The smallest absolute Gasteiger partial charge is 0.221 e. The average molecular weight is 496 g/mol. The molecule has 0 radical (unpaired) electrons. The predicted molar refractivity (Wildman–Crippen MR) is 138 cm³/mol. The van der Waals surface area contributed by atoms with Crippen molar-refractivity contribution >= 4 is 26.6 Å². The van der Waals surface area contributed by atoms with Crippen molar-refractivity contribution < 1.29 is 17.9 Å². The molecule has 2 aromatic carbocycles. The Bertz CT molecular complexity index is 1320. The van der Waals surface area contributed by atoms with E-state index in [4.69, 9.17) is 4.74 Å². The van der Waals surface area contributed by atoms with Crippen molar-refractivity contribution in [3.05, 3.63) is 71.4 Å². The molecule has 186 valence electrons. The Morgan fingerprint density at radius 2 is 1.89 bits per heavy atom. The van der Waals surface area contributed by atoms with Crippen LogP contribution in [0.15, 0.2) is 54.6 Å². The summed E-state index contributed by atoms with van der Waals surface area (Å²) >= 11 is 0. The Kier molecular flexibility index (Phi) is 7.15. The highest BCUT2D eigenvalue weighted by atomic mass is 32.2. The first-order chi connectivity index (χ1) is 16.6. The predicted octanol–water partition coefficient (Wildman–Crippen LogP) is 3.59. The van der Waals surface area contributed by atoms with Gasteiger partial charge in [-0.2, -0.15) is 0 Å². The van der Waals surface area contributed by atoms with Crippen LogP contribution in [0, 0.1) is 6.92 Å². The minimum atomic E-state index is -3.56. The number of carbonyl (C=O) groups is 1. The van der Waals surface area contributed by atoms with E-state index in [9.17, 15) is 13.2 Å². The summed E-state index contributed by atoms with van der Waals surface area (Å²) in [5.74, 6) is 0.366. The Morgan fingerprint density at radius 3 is 2.57 bits per heavy atom. The standard InChI is InChI=1S/C27H33N3O4S/c1-19(2)30-13-14-35(32,33)27(18-30,16-26(31)28-4)22-9-11-23(12-10-22)34-17-21-15-20(3)29-25-8-6-5-7-24(21)25/h5-12,15,19H,13-14,16-18H2,1-4H3,(H,28,31). The molecule has 1 aliphatic heterocycles. The van der Waals surface area contributed by atoms with Crippen molar-refractivity contribution in [1.29, 1.82) is 0 Å². The van der Waals surface area contributed by atoms with Crippen molar-refractivity contribution in [2.24, 2.45) is 0 Å². The van der Waals surface area contributed by atoms with Gasteiger partial charge in [0.1, 0.15) is 17.1 Å². The third-order valence-electron chi connectivity index (χ3n) is 6.86. The van der Waals surface area contributed by atoms with Crippen LogP contribution in [0.1, 0.15) is 37.1 Å². The Hall–Kier alpha value is -2.97. The summed E-state index contributed by atoms with van der Waals surface area (Å²) in [4.78, 5) is 19.2. The van der Waals surface area contributed by atoms with Crippen LogP contribution in [0.2, 0.25) is 0 Å². The lowest BCUT2D eigenvalue weighted by atomic mass is 9.92. The highest BCUT2D eigenvalue weighted by molar-refractivity contribution is 7.92. The van der Waals surface area contributed by atoms with Crippen LogP contribution in [0.5, 0.6) is 5.75 Å². The average Bonchev–Trinajstić information content (AvgIpc) is 2.83. The van der Waals surface area contributed by atoms with Crippen LogP contribution in [-0.2, 0) is 26.0 Å². The molecular weight excluding hydrogens is 462 g/mol.